The summed E-state index contributed by atoms with van der Waals surface area (Å²) in [6.45, 7) is 2.68. The van der Waals surface area contributed by atoms with Gasteiger partial charge in [0.25, 0.3) is 0 Å². The number of aldehydes is 1. The number of carbonyl (C=O) groups excluding carboxylic acids is 1. The normalized spacial score (nSPS) is 33.6. The van der Waals surface area contributed by atoms with E-state index in [1.807, 2.05) is 12.4 Å². The summed E-state index contributed by atoms with van der Waals surface area (Å²) < 4.78 is 5.26. The van der Waals surface area contributed by atoms with Crippen LogP contribution in [0.3, 0.4) is 0 Å². The molecule has 0 aromatic heterocycles. The molecule has 1 saturated heterocycles. The Morgan fingerprint density at radius 2 is 2.55 bits per heavy atom. The van der Waals surface area contributed by atoms with Crippen molar-refractivity contribution in [2.75, 3.05) is 6.61 Å². The van der Waals surface area contributed by atoms with Crippen molar-refractivity contribution >= 4 is 6.29 Å². The number of carbonyl (C=O) groups is 1. The van der Waals surface area contributed by atoms with Crippen LogP contribution in [0.25, 0.3) is 0 Å². The number of hydrogen-bond donors (Lipinski definition) is 2. The van der Waals surface area contributed by atoms with Crippen molar-refractivity contribution in [2.24, 2.45) is 5.92 Å². The van der Waals surface area contributed by atoms with Gasteiger partial charge in [-0.1, -0.05) is 6.92 Å². The van der Waals surface area contributed by atoms with E-state index >= 15 is 0 Å². The van der Waals surface area contributed by atoms with E-state index < -0.39 is 6.04 Å². The van der Waals surface area contributed by atoms with Crippen molar-refractivity contribution in [3.05, 3.63) is 0 Å². The van der Waals surface area contributed by atoms with E-state index in [4.69, 9.17) is 9.94 Å². The van der Waals surface area contributed by atoms with Gasteiger partial charge in [-0.05, 0) is 12.3 Å². The number of rotatable bonds is 3. The Labute approximate surface area is 65.5 Å². The third-order valence-electron chi connectivity index (χ3n) is 2.09. The van der Waals surface area contributed by atoms with Crippen LogP contribution in [0.5, 0.6) is 0 Å². The lowest BCUT2D eigenvalue weighted by molar-refractivity contribution is -0.116. The van der Waals surface area contributed by atoms with E-state index in [0.29, 0.717) is 18.8 Å². The fraction of sp³-hybridized carbons (Fsp3) is 0.857. The lowest BCUT2D eigenvalue weighted by Crippen LogP contribution is -2.41. The molecule has 0 saturated carbocycles. The minimum Gasteiger partial charge on any atom is -0.376 e. The maximum absolute atomic E-state index is 10.4. The molecule has 4 heteroatoms. The van der Waals surface area contributed by atoms with Gasteiger partial charge in [0.15, 0.2) is 0 Å². The topological polar surface area (TPSA) is 58.6 Å². The first kappa shape index (κ1) is 8.64. The van der Waals surface area contributed by atoms with E-state index in [9.17, 15) is 4.79 Å². The minimum absolute atomic E-state index is 0.169. The molecule has 0 spiro atoms. The van der Waals surface area contributed by atoms with Gasteiger partial charge in [-0.15, -0.1) is 0 Å². The van der Waals surface area contributed by atoms with Gasteiger partial charge in [0.2, 0.25) is 0 Å². The molecule has 0 bridgehead atoms. The summed E-state index contributed by atoms with van der Waals surface area (Å²) in [6, 6.07) is -0.576. The minimum atomic E-state index is -0.576. The first-order chi connectivity index (χ1) is 5.29. The van der Waals surface area contributed by atoms with Gasteiger partial charge in [-0.3, -0.25) is 0 Å². The van der Waals surface area contributed by atoms with E-state index in [2.05, 4.69) is 0 Å². The van der Waals surface area contributed by atoms with E-state index in [1.54, 1.807) is 0 Å². The third-order valence-corrected chi connectivity index (χ3v) is 2.09. The van der Waals surface area contributed by atoms with Crippen molar-refractivity contribution in [2.45, 2.75) is 25.5 Å². The Morgan fingerprint density at radius 1 is 1.82 bits per heavy atom. The molecule has 0 aliphatic carbocycles. The lowest BCUT2D eigenvalue weighted by atomic mass is 9.99. The van der Waals surface area contributed by atoms with Gasteiger partial charge in [0.05, 0.1) is 6.10 Å². The highest BCUT2D eigenvalue weighted by Gasteiger charge is 2.31. The maximum atomic E-state index is 10.4. The Balaban J connectivity index is 2.49. The fourth-order valence-electron chi connectivity index (χ4n) is 1.36. The number of ether oxygens (including phenoxy) is 1. The quantitative estimate of drug-likeness (QED) is 0.448. The van der Waals surface area contributed by atoms with Crippen LogP contribution in [-0.2, 0) is 9.53 Å². The molecule has 1 rings (SSSR count). The van der Waals surface area contributed by atoms with Gasteiger partial charge in [0, 0.05) is 6.61 Å². The summed E-state index contributed by atoms with van der Waals surface area (Å²) in [5.74, 6) is 0.338. The summed E-state index contributed by atoms with van der Waals surface area (Å²) >= 11 is 0. The van der Waals surface area contributed by atoms with Crippen molar-refractivity contribution in [3.63, 3.8) is 0 Å². The fourth-order valence-corrected chi connectivity index (χ4v) is 1.36. The molecular formula is C7H13NO3. The number of hydroxylamine groups is 1. The number of hydrogen-bond acceptors (Lipinski definition) is 4. The first-order valence-corrected chi connectivity index (χ1v) is 3.76. The molecule has 0 radical (unpaired) electrons. The van der Waals surface area contributed by atoms with Gasteiger partial charge in [-0.25, -0.2) is 0 Å². The molecule has 1 fully saturated rings. The largest absolute Gasteiger partial charge is 0.376 e. The number of nitrogens with one attached hydrogen (secondary N) is 1. The van der Waals surface area contributed by atoms with Crippen molar-refractivity contribution in [1.82, 2.24) is 5.48 Å². The predicted octanol–water partition coefficient (Wildman–Crippen LogP) is -0.0423. The van der Waals surface area contributed by atoms with Gasteiger partial charge >= 0.3 is 0 Å². The van der Waals surface area contributed by atoms with E-state index in [0.717, 1.165) is 6.42 Å². The van der Waals surface area contributed by atoms with Gasteiger partial charge < -0.3 is 14.7 Å². The van der Waals surface area contributed by atoms with Crippen LogP contribution in [0.2, 0.25) is 0 Å². The zero-order valence-corrected chi connectivity index (χ0v) is 6.49. The maximum Gasteiger partial charge on any atom is 0.141 e. The molecule has 1 aliphatic rings. The zero-order chi connectivity index (χ0) is 8.27. The van der Waals surface area contributed by atoms with Crippen LogP contribution >= 0.6 is 0 Å². The highest BCUT2D eigenvalue weighted by atomic mass is 16.5. The van der Waals surface area contributed by atoms with Crippen molar-refractivity contribution in [1.29, 1.82) is 0 Å². The smallest absolute Gasteiger partial charge is 0.141 e. The standard InChI is InChI=1S/C7H13NO3/c1-5-2-3-11-7(5)6(4-9)8-10/h4-8,10H,2-3H2,1H3/t5-,6?,7?/m1/s1. The molecule has 11 heavy (non-hydrogen) atoms. The predicted molar refractivity (Wildman–Crippen MR) is 38.3 cm³/mol. The second kappa shape index (κ2) is 3.80. The molecule has 2 unspecified atom stereocenters. The van der Waals surface area contributed by atoms with Gasteiger partial charge in [0.1, 0.15) is 12.3 Å². The van der Waals surface area contributed by atoms with Crippen LogP contribution in [-0.4, -0.2) is 30.2 Å². The summed E-state index contributed by atoms with van der Waals surface area (Å²) in [5, 5.41) is 8.54. The van der Waals surface area contributed by atoms with Crippen LogP contribution in [0, 0.1) is 5.92 Å². The summed E-state index contributed by atoms with van der Waals surface area (Å²) in [4.78, 5) is 10.4. The SMILES string of the molecule is C[C@@H]1CCOC1C(C=O)NO. The van der Waals surface area contributed by atoms with Crippen LogP contribution in [0.1, 0.15) is 13.3 Å². The molecule has 2 N–H and O–H groups in total. The van der Waals surface area contributed by atoms with E-state index in [1.165, 1.54) is 0 Å². The molecule has 0 amide bonds. The zero-order valence-electron chi connectivity index (χ0n) is 6.49. The molecular weight excluding hydrogens is 146 g/mol. The van der Waals surface area contributed by atoms with Gasteiger partial charge in [-0.2, -0.15) is 5.48 Å². The Kier molecular flexibility index (Phi) is 2.99. The molecule has 1 heterocycles. The van der Waals surface area contributed by atoms with Crippen LogP contribution < -0.4 is 5.48 Å². The highest BCUT2D eigenvalue weighted by Crippen LogP contribution is 2.21. The molecule has 0 aromatic rings. The molecule has 3 atom stereocenters. The van der Waals surface area contributed by atoms with E-state index in [-0.39, 0.29) is 6.10 Å². The van der Waals surface area contributed by atoms with Crippen molar-refractivity contribution in [3.8, 4) is 0 Å². The Hall–Kier alpha value is -0.450. The first-order valence-electron chi connectivity index (χ1n) is 3.76. The Bertz CT molecular complexity index is 140. The lowest BCUT2D eigenvalue weighted by Gasteiger charge is -2.19. The summed E-state index contributed by atoms with van der Waals surface area (Å²) in [7, 11) is 0. The van der Waals surface area contributed by atoms with Crippen LogP contribution in [0.15, 0.2) is 0 Å². The molecule has 4 nitrogen and oxygen atoms in total. The monoisotopic (exact) mass is 159 g/mol. The summed E-state index contributed by atoms with van der Waals surface area (Å²) in [6.07, 6.45) is 1.46. The molecule has 64 valence electrons. The molecule has 1 aliphatic heterocycles. The third kappa shape index (κ3) is 1.77. The second-order valence-corrected chi connectivity index (χ2v) is 2.89. The van der Waals surface area contributed by atoms with Crippen molar-refractivity contribution < 1.29 is 14.7 Å². The molecule has 0 aromatic carbocycles. The second-order valence-electron chi connectivity index (χ2n) is 2.89. The summed E-state index contributed by atoms with van der Waals surface area (Å²) in [5.41, 5.74) is 1.93. The average Bonchev–Trinajstić information content (AvgIpc) is 2.40. The highest BCUT2D eigenvalue weighted by molar-refractivity contribution is 5.58. The Morgan fingerprint density at radius 3 is 2.91 bits per heavy atom. The average molecular weight is 159 g/mol. The van der Waals surface area contributed by atoms with Crippen LogP contribution in [0.4, 0.5) is 0 Å².